The summed E-state index contributed by atoms with van der Waals surface area (Å²) >= 11 is 0. The predicted molar refractivity (Wildman–Crippen MR) is 65.2 cm³/mol. The molecule has 20 heavy (non-hydrogen) atoms. The van der Waals surface area contributed by atoms with Gasteiger partial charge in [-0.1, -0.05) is 0 Å². The molecule has 0 atom stereocenters. The number of benzene rings is 1. The van der Waals surface area contributed by atoms with E-state index in [1.54, 1.807) is 0 Å². The molecule has 102 valence electrons. The van der Waals surface area contributed by atoms with E-state index in [2.05, 4.69) is 9.94 Å². The summed E-state index contributed by atoms with van der Waals surface area (Å²) in [6, 6.07) is 1.27. The van der Waals surface area contributed by atoms with Gasteiger partial charge in [-0.2, -0.15) is 14.5 Å². The molecule has 0 fully saturated rings. The highest BCUT2D eigenvalue weighted by molar-refractivity contribution is 5.51. The van der Waals surface area contributed by atoms with Gasteiger partial charge in [0.2, 0.25) is 5.69 Å². The van der Waals surface area contributed by atoms with Crippen LogP contribution in [-0.4, -0.2) is 14.5 Å². The number of aromatic nitrogens is 3. The lowest BCUT2D eigenvalue weighted by Crippen LogP contribution is -2.46. The third kappa shape index (κ3) is 1.93. The van der Waals surface area contributed by atoms with Crippen molar-refractivity contribution in [1.82, 2.24) is 14.5 Å². The van der Waals surface area contributed by atoms with Crippen molar-refractivity contribution in [2.24, 2.45) is 0 Å². The summed E-state index contributed by atoms with van der Waals surface area (Å²) in [7, 11) is 0. The molecule has 1 aromatic heterocycles. The SMILES string of the molecule is [C-]#[N+]c1cc(F)c(-n2nc(C)c(=O)n(N)c2=O)cc1F. The number of halogens is 2. The van der Waals surface area contributed by atoms with Crippen molar-refractivity contribution in [2.75, 3.05) is 5.84 Å². The first-order chi connectivity index (χ1) is 9.36. The van der Waals surface area contributed by atoms with Crippen LogP contribution >= 0.6 is 0 Å². The first kappa shape index (κ1) is 13.4. The van der Waals surface area contributed by atoms with Crippen LogP contribution in [0.2, 0.25) is 0 Å². The highest BCUT2D eigenvalue weighted by Gasteiger charge is 2.16. The number of hydrogen-bond acceptors (Lipinski definition) is 4. The first-order valence-corrected chi connectivity index (χ1v) is 5.21. The van der Waals surface area contributed by atoms with Crippen molar-refractivity contribution >= 4 is 5.69 Å². The number of hydrogen-bond donors (Lipinski definition) is 1. The summed E-state index contributed by atoms with van der Waals surface area (Å²) in [4.78, 5) is 25.9. The standard InChI is InChI=1S/C11H7F2N5O2/c1-5-10(19)17(14)11(20)18(16-5)9-4-6(12)8(15-2)3-7(9)13/h3-4H,14H2,1H3. The quantitative estimate of drug-likeness (QED) is 0.598. The minimum Gasteiger partial charge on any atom is -0.332 e. The second-order valence-corrected chi connectivity index (χ2v) is 3.82. The molecule has 1 aromatic carbocycles. The molecule has 0 amide bonds. The lowest BCUT2D eigenvalue weighted by Gasteiger charge is -2.09. The lowest BCUT2D eigenvalue weighted by atomic mass is 10.2. The Hall–Kier alpha value is -3.02. The van der Waals surface area contributed by atoms with E-state index in [-0.39, 0.29) is 10.4 Å². The Balaban J connectivity index is 2.84. The highest BCUT2D eigenvalue weighted by atomic mass is 19.1. The fourth-order valence-electron chi connectivity index (χ4n) is 1.53. The molecule has 9 heteroatoms. The zero-order valence-corrected chi connectivity index (χ0v) is 10.1. The predicted octanol–water partition coefficient (Wildman–Crippen LogP) is 0.245. The molecule has 0 aliphatic rings. The molecule has 1 heterocycles. The fraction of sp³-hybridized carbons (Fsp3) is 0.0909. The van der Waals surface area contributed by atoms with Crippen molar-refractivity contribution in [2.45, 2.75) is 6.92 Å². The molecule has 2 N–H and O–H groups in total. The largest absolute Gasteiger partial charge is 0.371 e. The van der Waals surface area contributed by atoms with Gasteiger partial charge in [-0.05, 0) is 19.1 Å². The number of nitrogens with two attached hydrogens (primary N) is 1. The van der Waals surface area contributed by atoms with E-state index in [1.807, 2.05) is 0 Å². The van der Waals surface area contributed by atoms with E-state index in [9.17, 15) is 18.4 Å². The smallest absolute Gasteiger partial charge is 0.332 e. The summed E-state index contributed by atoms with van der Waals surface area (Å²) < 4.78 is 28.0. The van der Waals surface area contributed by atoms with Crippen LogP contribution in [0.4, 0.5) is 14.5 Å². The Labute approximate surface area is 110 Å². The maximum atomic E-state index is 13.8. The number of aryl methyl sites for hydroxylation is 1. The van der Waals surface area contributed by atoms with Crippen molar-refractivity contribution in [3.05, 3.63) is 61.7 Å². The average Bonchev–Trinajstić information content (AvgIpc) is 2.42. The van der Waals surface area contributed by atoms with E-state index in [1.165, 1.54) is 6.92 Å². The van der Waals surface area contributed by atoms with Gasteiger partial charge in [0.1, 0.15) is 23.0 Å². The Morgan fingerprint density at radius 3 is 2.55 bits per heavy atom. The van der Waals surface area contributed by atoms with E-state index >= 15 is 0 Å². The highest BCUT2D eigenvalue weighted by Crippen LogP contribution is 2.23. The van der Waals surface area contributed by atoms with Gasteiger partial charge < -0.3 is 5.84 Å². The fourth-order valence-corrected chi connectivity index (χ4v) is 1.53. The molecule has 2 aromatic rings. The summed E-state index contributed by atoms with van der Waals surface area (Å²) in [6.45, 7) is 7.93. The van der Waals surface area contributed by atoms with Crippen LogP contribution in [0, 0.1) is 25.1 Å². The van der Waals surface area contributed by atoms with Gasteiger partial charge in [0.05, 0.1) is 6.57 Å². The van der Waals surface area contributed by atoms with Crippen LogP contribution in [0.1, 0.15) is 5.69 Å². The van der Waals surface area contributed by atoms with E-state index in [0.29, 0.717) is 16.8 Å². The maximum Gasteiger partial charge on any atom is 0.371 e. The number of nitrogens with zero attached hydrogens (tertiary/aromatic N) is 4. The van der Waals surface area contributed by atoms with Gasteiger partial charge in [-0.15, -0.1) is 0 Å². The van der Waals surface area contributed by atoms with Crippen LogP contribution in [0.3, 0.4) is 0 Å². The average molecular weight is 279 g/mol. The van der Waals surface area contributed by atoms with Crippen molar-refractivity contribution < 1.29 is 8.78 Å². The van der Waals surface area contributed by atoms with Gasteiger partial charge in [0.15, 0.2) is 0 Å². The zero-order valence-electron chi connectivity index (χ0n) is 10.1. The first-order valence-electron chi connectivity index (χ1n) is 5.21. The number of rotatable bonds is 1. The van der Waals surface area contributed by atoms with Gasteiger partial charge in [0.25, 0.3) is 5.56 Å². The second kappa shape index (κ2) is 4.58. The third-order valence-corrected chi connectivity index (χ3v) is 2.53. The Kier molecular flexibility index (Phi) is 3.07. The molecule has 0 radical (unpaired) electrons. The molecule has 0 unspecified atom stereocenters. The van der Waals surface area contributed by atoms with E-state index < -0.39 is 34.3 Å². The molecule has 0 bridgehead atoms. The molecular weight excluding hydrogens is 272 g/mol. The van der Waals surface area contributed by atoms with Gasteiger partial charge in [-0.25, -0.2) is 18.4 Å². The van der Waals surface area contributed by atoms with Crippen LogP contribution in [0.15, 0.2) is 21.7 Å². The molecule has 0 saturated carbocycles. The minimum absolute atomic E-state index is 0.166. The second-order valence-electron chi connectivity index (χ2n) is 3.82. The van der Waals surface area contributed by atoms with Crippen molar-refractivity contribution in [3.63, 3.8) is 0 Å². The van der Waals surface area contributed by atoms with Crippen LogP contribution < -0.4 is 17.1 Å². The molecule has 2 rings (SSSR count). The molecule has 7 nitrogen and oxygen atoms in total. The summed E-state index contributed by atoms with van der Waals surface area (Å²) in [5, 5.41) is 3.57. The minimum atomic E-state index is -1.13. The molecule has 0 aliphatic heterocycles. The summed E-state index contributed by atoms with van der Waals surface area (Å²) in [5.41, 5.74) is -3.21. The Morgan fingerprint density at radius 2 is 1.95 bits per heavy atom. The third-order valence-electron chi connectivity index (χ3n) is 2.53. The van der Waals surface area contributed by atoms with Crippen LogP contribution in [-0.2, 0) is 0 Å². The topological polar surface area (TPSA) is 87.3 Å². The summed E-state index contributed by atoms with van der Waals surface area (Å²) in [5.74, 6) is 3.18. The number of nitrogen functional groups attached to an aromatic ring is 1. The summed E-state index contributed by atoms with van der Waals surface area (Å²) in [6.07, 6.45) is 0. The Morgan fingerprint density at radius 1 is 1.30 bits per heavy atom. The normalized spacial score (nSPS) is 10.3. The van der Waals surface area contributed by atoms with E-state index in [4.69, 9.17) is 12.4 Å². The Bertz CT molecular complexity index is 863. The van der Waals surface area contributed by atoms with Crippen LogP contribution in [0.5, 0.6) is 0 Å². The zero-order chi connectivity index (χ0) is 15.0. The van der Waals surface area contributed by atoms with Crippen molar-refractivity contribution in [3.8, 4) is 5.69 Å². The molecule has 0 saturated heterocycles. The van der Waals surface area contributed by atoms with Gasteiger partial charge >= 0.3 is 5.69 Å². The lowest BCUT2D eigenvalue weighted by molar-refractivity contribution is 0.572. The van der Waals surface area contributed by atoms with Crippen LogP contribution in [0.25, 0.3) is 10.5 Å². The van der Waals surface area contributed by atoms with E-state index in [0.717, 1.165) is 0 Å². The van der Waals surface area contributed by atoms with Crippen molar-refractivity contribution in [1.29, 1.82) is 0 Å². The molecule has 0 spiro atoms. The van der Waals surface area contributed by atoms with Gasteiger partial charge in [-0.3, -0.25) is 4.79 Å². The van der Waals surface area contributed by atoms with Gasteiger partial charge in [0, 0.05) is 0 Å². The molecular formula is C11H7F2N5O2. The monoisotopic (exact) mass is 279 g/mol. The maximum absolute atomic E-state index is 13.8. The molecule has 0 aliphatic carbocycles.